The first-order valence-electron chi connectivity index (χ1n) is 10.4. The number of benzene rings is 2. The van der Waals surface area contributed by atoms with Crippen LogP contribution in [0.4, 0.5) is 13.2 Å². The van der Waals surface area contributed by atoms with Crippen LogP contribution >= 0.6 is 0 Å². The predicted octanol–water partition coefficient (Wildman–Crippen LogP) is 3.58. The molecule has 0 spiro atoms. The number of methoxy groups -OCH3 is 1. The third-order valence-electron chi connectivity index (χ3n) is 5.41. The van der Waals surface area contributed by atoms with Crippen molar-refractivity contribution >= 4 is 5.96 Å². The smallest absolute Gasteiger partial charge is 0.191 e. The first-order valence-corrected chi connectivity index (χ1v) is 10.4. The largest absolute Gasteiger partial charge is 0.380 e. The van der Waals surface area contributed by atoms with Crippen molar-refractivity contribution < 1.29 is 17.9 Å². The number of halogens is 3. The first-order chi connectivity index (χ1) is 15.0. The Bertz CT molecular complexity index is 898. The fraction of sp³-hybridized carbons (Fsp3) is 0.435. The number of piperidine rings is 1. The van der Waals surface area contributed by atoms with E-state index in [1.165, 1.54) is 18.2 Å². The lowest BCUT2D eigenvalue weighted by atomic mass is 10.0. The lowest BCUT2D eigenvalue weighted by Crippen LogP contribution is -2.48. The van der Waals surface area contributed by atoms with E-state index >= 15 is 0 Å². The number of likely N-dealkylation sites (tertiary alicyclic amines) is 1. The molecule has 0 atom stereocenters. The van der Waals surface area contributed by atoms with Crippen LogP contribution in [0.25, 0.3) is 0 Å². The van der Waals surface area contributed by atoms with Crippen LogP contribution in [0.1, 0.15) is 29.5 Å². The molecule has 0 unspecified atom stereocenters. The van der Waals surface area contributed by atoms with E-state index in [9.17, 15) is 13.2 Å². The zero-order chi connectivity index (χ0) is 22.2. The summed E-state index contributed by atoms with van der Waals surface area (Å²) in [6, 6.07) is 9.31. The summed E-state index contributed by atoms with van der Waals surface area (Å²) in [4.78, 5) is 6.52. The molecular weight excluding hydrogens is 405 g/mol. The number of aliphatic imine (C=N–C) groups is 1. The van der Waals surface area contributed by atoms with E-state index in [4.69, 9.17) is 4.74 Å². The molecule has 0 radical (unpaired) electrons. The van der Waals surface area contributed by atoms with Gasteiger partial charge in [0, 0.05) is 51.9 Å². The van der Waals surface area contributed by atoms with Gasteiger partial charge in [0.05, 0.1) is 6.61 Å². The Balaban J connectivity index is 1.45. The summed E-state index contributed by atoms with van der Waals surface area (Å²) >= 11 is 0. The summed E-state index contributed by atoms with van der Waals surface area (Å²) in [7, 11) is 3.26. The van der Waals surface area contributed by atoms with Crippen LogP contribution < -0.4 is 10.6 Å². The number of nitrogens with zero attached hydrogens (tertiary/aromatic N) is 2. The molecule has 168 valence electrons. The van der Waals surface area contributed by atoms with Gasteiger partial charge in [-0.2, -0.15) is 0 Å². The van der Waals surface area contributed by atoms with Crippen molar-refractivity contribution in [2.24, 2.45) is 4.99 Å². The minimum atomic E-state index is -0.818. The fourth-order valence-corrected chi connectivity index (χ4v) is 3.71. The van der Waals surface area contributed by atoms with Gasteiger partial charge in [-0.1, -0.05) is 12.1 Å². The van der Waals surface area contributed by atoms with E-state index in [-0.39, 0.29) is 18.5 Å². The Morgan fingerprint density at radius 1 is 1.03 bits per heavy atom. The lowest BCUT2D eigenvalue weighted by Gasteiger charge is -2.33. The highest BCUT2D eigenvalue weighted by atomic mass is 19.2. The lowest BCUT2D eigenvalue weighted by molar-refractivity contribution is 0.181. The average Bonchev–Trinajstić information content (AvgIpc) is 2.77. The van der Waals surface area contributed by atoms with E-state index in [2.05, 4.69) is 20.5 Å². The molecule has 1 heterocycles. The van der Waals surface area contributed by atoms with Gasteiger partial charge in [-0.25, -0.2) is 13.2 Å². The van der Waals surface area contributed by atoms with Gasteiger partial charge in [-0.05, 0) is 48.2 Å². The Kier molecular flexibility index (Phi) is 8.31. The van der Waals surface area contributed by atoms with Gasteiger partial charge in [0.15, 0.2) is 17.6 Å². The van der Waals surface area contributed by atoms with E-state index < -0.39 is 11.6 Å². The molecule has 0 amide bonds. The van der Waals surface area contributed by atoms with Crippen LogP contribution in [0.15, 0.2) is 41.4 Å². The van der Waals surface area contributed by atoms with Crippen LogP contribution in [0.2, 0.25) is 0 Å². The monoisotopic (exact) mass is 434 g/mol. The molecule has 0 aromatic heterocycles. The maximum Gasteiger partial charge on any atom is 0.191 e. The SMILES string of the molecule is CN=C(NCc1ccc(F)c(COC)c1)NC1CCN(Cc2ccc(F)c(F)c2)CC1. The van der Waals surface area contributed by atoms with Gasteiger partial charge in [0.1, 0.15) is 5.82 Å². The van der Waals surface area contributed by atoms with Gasteiger partial charge in [-0.3, -0.25) is 9.89 Å². The molecule has 8 heteroatoms. The number of nitrogens with one attached hydrogen (secondary N) is 2. The van der Waals surface area contributed by atoms with Gasteiger partial charge in [0.25, 0.3) is 0 Å². The van der Waals surface area contributed by atoms with Crippen molar-refractivity contribution in [3.63, 3.8) is 0 Å². The molecule has 31 heavy (non-hydrogen) atoms. The van der Waals surface area contributed by atoms with Crippen molar-refractivity contribution in [1.29, 1.82) is 0 Å². The van der Waals surface area contributed by atoms with E-state index in [1.54, 1.807) is 32.4 Å². The zero-order valence-electron chi connectivity index (χ0n) is 17.9. The second-order valence-electron chi connectivity index (χ2n) is 7.73. The summed E-state index contributed by atoms with van der Waals surface area (Å²) in [6.45, 7) is 3.06. The number of hydrogen-bond acceptors (Lipinski definition) is 3. The van der Waals surface area contributed by atoms with Crippen molar-refractivity contribution in [3.05, 3.63) is 70.5 Å². The maximum atomic E-state index is 13.8. The molecule has 3 rings (SSSR count). The Morgan fingerprint density at radius 2 is 1.74 bits per heavy atom. The molecule has 1 saturated heterocycles. The summed E-state index contributed by atoms with van der Waals surface area (Å²) in [5.41, 5.74) is 2.24. The van der Waals surface area contributed by atoms with Crippen molar-refractivity contribution in [2.45, 2.75) is 38.6 Å². The molecule has 1 fully saturated rings. The topological polar surface area (TPSA) is 48.9 Å². The zero-order valence-corrected chi connectivity index (χ0v) is 17.9. The summed E-state index contributed by atoms with van der Waals surface area (Å²) in [5, 5.41) is 6.70. The van der Waals surface area contributed by atoms with Crippen LogP contribution in [-0.2, 0) is 24.4 Å². The minimum absolute atomic E-state index is 0.232. The molecular formula is C23H29F3N4O. The van der Waals surface area contributed by atoms with E-state index in [0.29, 0.717) is 24.6 Å². The number of ether oxygens (including phenoxy) is 1. The highest BCUT2D eigenvalue weighted by Crippen LogP contribution is 2.16. The third-order valence-corrected chi connectivity index (χ3v) is 5.41. The number of guanidine groups is 1. The number of rotatable bonds is 7. The highest BCUT2D eigenvalue weighted by Gasteiger charge is 2.20. The first kappa shape index (κ1) is 23.1. The molecule has 2 aromatic rings. The molecule has 0 aliphatic carbocycles. The summed E-state index contributed by atoms with van der Waals surface area (Å²) < 4.78 is 45.3. The van der Waals surface area contributed by atoms with Crippen molar-refractivity contribution in [1.82, 2.24) is 15.5 Å². The Morgan fingerprint density at radius 3 is 2.42 bits per heavy atom. The Hall–Kier alpha value is -2.58. The third kappa shape index (κ3) is 6.70. The summed E-state index contributed by atoms with van der Waals surface area (Å²) in [6.07, 6.45) is 1.83. The van der Waals surface area contributed by atoms with Crippen molar-refractivity contribution in [3.8, 4) is 0 Å². The molecule has 0 bridgehead atoms. The number of hydrogen-bond donors (Lipinski definition) is 2. The standard InChI is InChI=1S/C23H29F3N4O/c1-27-23(28-13-16-3-5-20(24)18(11-16)15-31-2)29-19-7-9-30(10-8-19)14-17-4-6-21(25)22(26)12-17/h3-6,11-12,19H,7-10,13-15H2,1-2H3,(H2,27,28,29). The quantitative estimate of drug-likeness (QED) is 0.517. The van der Waals surface area contributed by atoms with Crippen LogP contribution in [0.5, 0.6) is 0 Å². The molecule has 2 aromatic carbocycles. The van der Waals surface area contributed by atoms with E-state index in [0.717, 1.165) is 37.1 Å². The molecule has 1 aliphatic heterocycles. The molecule has 1 aliphatic rings. The minimum Gasteiger partial charge on any atom is -0.380 e. The van der Waals surface area contributed by atoms with Gasteiger partial charge in [-0.15, -0.1) is 0 Å². The molecule has 5 nitrogen and oxygen atoms in total. The van der Waals surface area contributed by atoms with Gasteiger partial charge < -0.3 is 15.4 Å². The van der Waals surface area contributed by atoms with E-state index in [1.807, 2.05) is 0 Å². The molecule has 0 saturated carbocycles. The van der Waals surface area contributed by atoms with Crippen molar-refractivity contribution in [2.75, 3.05) is 27.2 Å². The second-order valence-corrected chi connectivity index (χ2v) is 7.73. The fourth-order valence-electron chi connectivity index (χ4n) is 3.71. The predicted molar refractivity (Wildman–Crippen MR) is 115 cm³/mol. The average molecular weight is 435 g/mol. The van der Waals surface area contributed by atoms with Gasteiger partial charge >= 0.3 is 0 Å². The maximum absolute atomic E-state index is 13.8. The second kappa shape index (κ2) is 11.2. The molecule has 2 N–H and O–H groups in total. The highest BCUT2D eigenvalue weighted by molar-refractivity contribution is 5.79. The summed E-state index contributed by atoms with van der Waals surface area (Å²) in [5.74, 6) is -1.21. The van der Waals surface area contributed by atoms with Crippen LogP contribution in [-0.4, -0.2) is 44.1 Å². The normalized spacial score (nSPS) is 15.8. The Labute approximate surface area is 181 Å². The van der Waals surface area contributed by atoms with Crippen LogP contribution in [0, 0.1) is 17.5 Å². The van der Waals surface area contributed by atoms with Crippen LogP contribution in [0.3, 0.4) is 0 Å². The van der Waals surface area contributed by atoms with Gasteiger partial charge in [0.2, 0.25) is 0 Å².